The van der Waals surface area contributed by atoms with E-state index in [-0.39, 0.29) is 73.9 Å². The molecule has 0 spiro atoms. The normalized spacial score (nSPS) is 10.6. The van der Waals surface area contributed by atoms with Gasteiger partial charge in [0.05, 0.1) is 6.61 Å². The van der Waals surface area contributed by atoms with Crippen LogP contribution >= 0.6 is 0 Å². The Morgan fingerprint density at radius 3 is 1.58 bits per heavy atom. The van der Waals surface area contributed by atoms with Gasteiger partial charge in [-0.2, -0.15) is 0 Å². The second kappa shape index (κ2) is 18.2. The summed E-state index contributed by atoms with van der Waals surface area (Å²) in [6.07, 6.45) is 11.7. The zero-order valence-electron chi connectivity index (χ0n) is 11.8. The molecular formula is C12H27CaNaO4S. The molecule has 0 bridgehead atoms. The van der Waals surface area contributed by atoms with E-state index in [1.165, 1.54) is 44.9 Å². The van der Waals surface area contributed by atoms with Gasteiger partial charge in [-0.25, -0.2) is 8.42 Å². The van der Waals surface area contributed by atoms with E-state index in [0.29, 0.717) is 6.42 Å². The van der Waals surface area contributed by atoms with E-state index < -0.39 is 10.4 Å². The summed E-state index contributed by atoms with van der Waals surface area (Å²) in [4.78, 5) is 0. The maximum atomic E-state index is 10.1. The Morgan fingerprint density at radius 2 is 1.21 bits per heavy atom. The zero-order chi connectivity index (χ0) is 13.0. The number of unbranched alkanes of at least 4 members (excludes halogenated alkanes) is 9. The third kappa shape index (κ3) is 25.4. The Hall–Kier alpha value is 2.13. The van der Waals surface area contributed by atoms with Crippen LogP contribution in [0.2, 0.25) is 0 Å². The molecule has 0 amide bonds. The predicted molar refractivity (Wildman–Crippen MR) is 76.0 cm³/mol. The van der Waals surface area contributed by atoms with Gasteiger partial charge in [-0.3, -0.25) is 4.18 Å². The third-order valence-electron chi connectivity index (χ3n) is 2.73. The molecule has 0 saturated heterocycles. The van der Waals surface area contributed by atoms with E-state index in [1.54, 1.807) is 0 Å². The van der Waals surface area contributed by atoms with E-state index in [1.807, 2.05) is 0 Å². The van der Waals surface area contributed by atoms with Gasteiger partial charge in [-0.05, 0) is 6.42 Å². The molecule has 0 fully saturated rings. The Balaban J connectivity index is -0.00000128. The molecule has 7 heteroatoms. The summed E-state index contributed by atoms with van der Waals surface area (Å²) in [6, 6.07) is 0. The first-order valence-corrected chi connectivity index (χ1v) is 8.00. The minimum Gasteiger partial charge on any atom is 1.00 e. The van der Waals surface area contributed by atoms with Crippen LogP contribution in [0.15, 0.2) is 0 Å². The van der Waals surface area contributed by atoms with Crippen LogP contribution in [0.25, 0.3) is 0 Å². The second-order valence-electron chi connectivity index (χ2n) is 4.41. The summed E-state index contributed by atoms with van der Waals surface area (Å²) in [5, 5.41) is 0. The smallest absolute Gasteiger partial charge is 1.00 e. The Bertz CT molecular complexity index is 260. The summed E-state index contributed by atoms with van der Waals surface area (Å²) >= 11 is 0. The van der Waals surface area contributed by atoms with Crippen molar-refractivity contribution in [2.45, 2.75) is 71.1 Å². The molecule has 0 aromatic rings. The summed E-state index contributed by atoms with van der Waals surface area (Å²) in [5.74, 6) is 0. The van der Waals surface area contributed by atoms with Crippen LogP contribution in [-0.4, -0.2) is 57.3 Å². The molecule has 0 rings (SSSR count). The number of rotatable bonds is 12. The first-order valence-electron chi connectivity index (χ1n) is 6.66. The molecule has 19 heavy (non-hydrogen) atoms. The largest absolute Gasteiger partial charge is 1.00 e. The summed E-state index contributed by atoms with van der Waals surface area (Å²) in [6.45, 7) is 2.24. The topological polar surface area (TPSA) is 66.4 Å². The Kier molecular flexibility index (Phi) is 24.9. The predicted octanol–water partition coefficient (Wildman–Crippen LogP) is -0.528. The molecule has 0 saturated carbocycles. The molecule has 108 valence electrons. The van der Waals surface area contributed by atoms with E-state index in [2.05, 4.69) is 11.1 Å². The quantitative estimate of drug-likeness (QED) is 0.209. The molecule has 0 heterocycles. The van der Waals surface area contributed by atoms with Gasteiger partial charge < -0.3 is 4.55 Å². The van der Waals surface area contributed by atoms with E-state index in [0.717, 1.165) is 12.8 Å². The van der Waals surface area contributed by atoms with Gasteiger partial charge in [-0.15, -0.1) is 0 Å². The first-order chi connectivity index (χ1) is 8.06. The summed E-state index contributed by atoms with van der Waals surface area (Å²) in [5.41, 5.74) is 0. The zero-order valence-corrected chi connectivity index (χ0v) is 14.6. The molecule has 0 unspecified atom stereocenters. The molecule has 0 radical (unpaired) electrons. The van der Waals surface area contributed by atoms with Crippen LogP contribution in [-0.2, 0) is 14.6 Å². The maximum Gasteiger partial charge on any atom is 1.00 e. The van der Waals surface area contributed by atoms with E-state index in [9.17, 15) is 13.0 Å². The first kappa shape index (κ1) is 26.0. The minimum absolute atomic E-state index is 0. The van der Waals surface area contributed by atoms with Gasteiger partial charge in [0.15, 0.2) is 0 Å². The fourth-order valence-electron chi connectivity index (χ4n) is 1.75. The molecular weight excluding hydrogens is 303 g/mol. The van der Waals surface area contributed by atoms with Crippen molar-refractivity contribution in [3.05, 3.63) is 0 Å². The van der Waals surface area contributed by atoms with E-state index in [4.69, 9.17) is 0 Å². The van der Waals surface area contributed by atoms with Crippen LogP contribution in [0.5, 0.6) is 0 Å². The third-order valence-corrected chi connectivity index (χ3v) is 3.18. The van der Waals surface area contributed by atoms with Crippen LogP contribution in [0, 0.1) is 0 Å². The van der Waals surface area contributed by atoms with Crippen molar-refractivity contribution in [1.29, 1.82) is 0 Å². The van der Waals surface area contributed by atoms with E-state index >= 15 is 0 Å². The molecule has 0 aliphatic carbocycles. The van der Waals surface area contributed by atoms with Crippen molar-refractivity contribution in [1.82, 2.24) is 0 Å². The monoisotopic (exact) mass is 330 g/mol. The molecule has 0 N–H and O–H groups in total. The number of hydrogen-bond donors (Lipinski definition) is 0. The van der Waals surface area contributed by atoms with Gasteiger partial charge in [0.1, 0.15) is 0 Å². The maximum absolute atomic E-state index is 10.1. The molecule has 0 aromatic carbocycles. The van der Waals surface area contributed by atoms with Gasteiger partial charge in [-0.1, -0.05) is 64.7 Å². The van der Waals surface area contributed by atoms with Crippen LogP contribution < -0.4 is 29.6 Å². The van der Waals surface area contributed by atoms with Crippen molar-refractivity contribution in [3.8, 4) is 0 Å². The SMILES string of the molecule is CCCCCCCCCCCCOS(=O)(=O)[O-].[CaH2].[Na+]. The second-order valence-corrected chi connectivity index (χ2v) is 5.46. The van der Waals surface area contributed by atoms with Gasteiger partial charge >= 0.3 is 67.3 Å². The van der Waals surface area contributed by atoms with Crippen molar-refractivity contribution < 1.29 is 46.7 Å². The summed E-state index contributed by atoms with van der Waals surface area (Å²) < 4.78 is 34.5. The average molecular weight is 330 g/mol. The molecule has 4 nitrogen and oxygen atoms in total. The molecule has 0 aliphatic rings. The van der Waals surface area contributed by atoms with Crippen LogP contribution in [0.1, 0.15) is 71.1 Å². The van der Waals surface area contributed by atoms with Crippen molar-refractivity contribution in [2.75, 3.05) is 6.61 Å². The fourth-order valence-corrected chi connectivity index (χ4v) is 2.07. The molecule has 0 aliphatic heterocycles. The molecule has 0 atom stereocenters. The average Bonchev–Trinajstić information content (AvgIpc) is 2.24. The number of hydrogen-bond acceptors (Lipinski definition) is 4. The fraction of sp³-hybridized carbons (Fsp3) is 1.00. The van der Waals surface area contributed by atoms with Gasteiger partial charge in [0.25, 0.3) is 0 Å². The van der Waals surface area contributed by atoms with Crippen LogP contribution in [0.3, 0.4) is 0 Å². The summed E-state index contributed by atoms with van der Waals surface area (Å²) in [7, 11) is -4.48. The Labute approximate surface area is 170 Å². The minimum atomic E-state index is -4.48. The van der Waals surface area contributed by atoms with Crippen molar-refractivity contribution >= 4 is 48.1 Å². The van der Waals surface area contributed by atoms with Crippen molar-refractivity contribution in [2.24, 2.45) is 0 Å². The molecule has 0 aromatic heterocycles. The van der Waals surface area contributed by atoms with Crippen LogP contribution in [0.4, 0.5) is 0 Å². The Morgan fingerprint density at radius 1 is 0.842 bits per heavy atom. The van der Waals surface area contributed by atoms with Gasteiger partial charge in [0, 0.05) is 0 Å². The van der Waals surface area contributed by atoms with Gasteiger partial charge in [0.2, 0.25) is 10.4 Å². The standard InChI is InChI=1S/C12H26O4S.Ca.Na.2H/c1-2-3-4-5-6-7-8-9-10-11-12-16-17(13,14)15;;;;/h2-12H2,1H3,(H,13,14,15);;;;/q;;+1;;/p-1. The van der Waals surface area contributed by atoms with Crippen molar-refractivity contribution in [3.63, 3.8) is 0 Å².